The van der Waals surface area contributed by atoms with E-state index in [-0.39, 0.29) is 12.4 Å². The van der Waals surface area contributed by atoms with Gasteiger partial charge in [0.1, 0.15) is 11.3 Å². The Morgan fingerprint density at radius 3 is 2.54 bits per heavy atom. The van der Waals surface area contributed by atoms with E-state index in [9.17, 15) is 9.59 Å². The number of ether oxygens (including phenoxy) is 1. The lowest BCUT2D eigenvalue weighted by atomic mass is 10.1. The Balaban J connectivity index is 1.72. The summed E-state index contributed by atoms with van der Waals surface area (Å²) in [6.45, 7) is 7.77. The molecule has 0 fully saturated rings. The molecule has 0 bridgehead atoms. The molecule has 0 N–H and O–H groups in total. The van der Waals surface area contributed by atoms with Gasteiger partial charge in [0, 0.05) is 23.5 Å². The lowest BCUT2D eigenvalue weighted by molar-refractivity contribution is 0.0472. The van der Waals surface area contributed by atoms with E-state index in [1.165, 1.54) is 0 Å². The molecule has 0 amide bonds. The van der Waals surface area contributed by atoms with Gasteiger partial charge in [0.05, 0.1) is 5.69 Å². The number of hydrogen-bond donors (Lipinski definition) is 0. The van der Waals surface area contributed by atoms with Crippen molar-refractivity contribution in [3.05, 3.63) is 75.9 Å². The standard InChI is InChI=1S/C22H24N2O4/c1-5-19-21(16(4)28-23-19)22(26)27-13-20(25)18-11-14(2)24(15(18)3)12-17-9-7-6-8-10-17/h6-11H,5,12-13H2,1-4H3. The normalized spacial score (nSPS) is 10.9. The van der Waals surface area contributed by atoms with Gasteiger partial charge < -0.3 is 13.8 Å². The number of ketones is 1. The van der Waals surface area contributed by atoms with Crippen LogP contribution < -0.4 is 0 Å². The third-order valence-electron chi connectivity index (χ3n) is 4.86. The Morgan fingerprint density at radius 1 is 1.14 bits per heavy atom. The van der Waals surface area contributed by atoms with Gasteiger partial charge in [-0.2, -0.15) is 0 Å². The van der Waals surface area contributed by atoms with Crippen LogP contribution in [-0.4, -0.2) is 28.1 Å². The molecule has 0 unspecified atom stereocenters. The molecule has 146 valence electrons. The van der Waals surface area contributed by atoms with Crippen molar-refractivity contribution in [1.82, 2.24) is 9.72 Å². The molecule has 3 rings (SSSR count). The Hall–Kier alpha value is -3.15. The molecule has 6 heteroatoms. The zero-order chi connectivity index (χ0) is 20.3. The number of hydrogen-bond acceptors (Lipinski definition) is 5. The molecule has 0 aliphatic heterocycles. The summed E-state index contributed by atoms with van der Waals surface area (Å²) in [4.78, 5) is 25.0. The van der Waals surface area contributed by atoms with E-state index in [1.807, 2.05) is 45.0 Å². The predicted octanol–water partition coefficient (Wildman–Crippen LogP) is 4.05. The van der Waals surface area contributed by atoms with Gasteiger partial charge in [-0.3, -0.25) is 4.79 Å². The molecule has 0 aliphatic carbocycles. The lowest BCUT2D eigenvalue weighted by Gasteiger charge is -2.10. The number of aromatic nitrogens is 2. The molecule has 0 saturated heterocycles. The van der Waals surface area contributed by atoms with Gasteiger partial charge in [-0.15, -0.1) is 0 Å². The van der Waals surface area contributed by atoms with E-state index >= 15 is 0 Å². The molecule has 0 atom stereocenters. The van der Waals surface area contributed by atoms with Crippen molar-refractivity contribution in [1.29, 1.82) is 0 Å². The van der Waals surface area contributed by atoms with Crippen LogP contribution >= 0.6 is 0 Å². The van der Waals surface area contributed by atoms with Gasteiger partial charge in [0.25, 0.3) is 0 Å². The Kier molecular flexibility index (Phi) is 5.78. The van der Waals surface area contributed by atoms with Crippen LogP contribution in [-0.2, 0) is 17.7 Å². The first kappa shape index (κ1) is 19.6. The van der Waals surface area contributed by atoms with Gasteiger partial charge in [0.15, 0.2) is 6.61 Å². The second-order valence-electron chi connectivity index (χ2n) is 6.77. The molecule has 2 aromatic heterocycles. The summed E-state index contributed by atoms with van der Waals surface area (Å²) < 4.78 is 12.4. The zero-order valence-corrected chi connectivity index (χ0v) is 16.6. The summed E-state index contributed by atoms with van der Waals surface area (Å²) in [5.74, 6) is -0.412. The molecular weight excluding hydrogens is 356 g/mol. The molecule has 0 aliphatic rings. The molecule has 6 nitrogen and oxygen atoms in total. The highest BCUT2D eigenvalue weighted by Crippen LogP contribution is 2.19. The van der Waals surface area contributed by atoms with Gasteiger partial charge in [0.2, 0.25) is 5.78 Å². The molecule has 1 aromatic carbocycles. The van der Waals surface area contributed by atoms with Crippen molar-refractivity contribution in [2.75, 3.05) is 6.61 Å². The quantitative estimate of drug-likeness (QED) is 0.457. The zero-order valence-electron chi connectivity index (χ0n) is 16.6. The number of rotatable bonds is 7. The third kappa shape index (κ3) is 3.91. The maximum Gasteiger partial charge on any atom is 0.344 e. The minimum Gasteiger partial charge on any atom is -0.454 e. The molecule has 0 spiro atoms. The number of benzene rings is 1. The van der Waals surface area contributed by atoms with Gasteiger partial charge in [-0.05, 0) is 38.8 Å². The number of nitrogens with zero attached hydrogens (tertiary/aromatic N) is 2. The van der Waals surface area contributed by atoms with E-state index in [4.69, 9.17) is 9.26 Å². The number of Topliss-reactive ketones (excluding diaryl/α,β-unsaturated/α-hetero) is 1. The van der Waals surface area contributed by atoms with Crippen molar-refractivity contribution >= 4 is 11.8 Å². The second-order valence-corrected chi connectivity index (χ2v) is 6.77. The number of carbonyl (C=O) groups is 2. The van der Waals surface area contributed by atoms with Crippen molar-refractivity contribution in [3.63, 3.8) is 0 Å². The molecule has 2 heterocycles. The fourth-order valence-corrected chi connectivity index (χ4v) is 3.29. The largest absolute Gasteiger partial charge is 0.454 e. The minimum absolute atomic E-state index is 0.229. The number of esters is 1. The van der Waals surface area contributed by atoms with Crippen LogP contribution in [0.3, 0.4) is 0 Å². The van der Waals surface area contributed by atoms with Crippen LogP contribution in [0, 0.1) is 20.8 Å². The van der Waals surface area contributed by atoms with Crippen LogP contribution in [0.15, 0.2) is 40.9 Å². The second kappa shape index (κ2) is 8.25. The minimum atomic E-state index is -0.581. The highest BCUT2D eigenvalue weighted by atomic mass is 16.5. The van der Waals surface area contributed by atoms with Gasteiger partial charge >= 0.3 is 5.97 Å². The van der Waals surface area contributed by atoms with E-state index in [0.717, 1.165) is 17.0 Å². The summed E-state index contributed by atoms with van der Waals surface area (Å²) in [5, 5.41) is 3.85. The summed E-state index contributed by atoms with van der Waals surface area (Å²) >= 11 is 0. The van der Waals surface area contributed by atoms with Crippen LogP contribution in [0.1, 0.15) is 56.0 Å². The predicted molar refractivity (Wildman–Crippen MR) is 105 cm³/mol. The summed E-state index contributed by atoms with van der Waals surface area (Å²) in [6.07, 6.45) is 0.552. The average molecular weight is 380 g/mol. The Labute approximate surface area is 164 Å². The molecule has 28 heavy (non-hydrogen) atoms. The van der Waals surface area contributed by atoms with Crippen molar-refractivity contribution in [3.8, 4) is 0 Å². The summed E-state index contributed by atoms with van der Waals surface area (Å²) in [6, 6.07) is 11.9. The SMILES string of the molecule is CCc1noc(C)c1C(=O)OCC(=O)c1cc(C)n(Cc2ccccc2)c1C. The smallest absolute Gasteiger partial charge is 0.344 e. The first-order valence-electron chi connectivity index (χ1n) is 9.28. The van der Waals surface area contributed by atoms with Crippen LogP contribution in [0.5, 0.6) is 0 Å². The first-order chi connectivity index (χ1) is 13.4. The highest BCUT2D eigenvalue weighted by Gasteiger charge is 2.23. The maximum absolute atomic E-state index is 12.7. The van der Waals surface area contributed by atoms with E-state index in [1.54, 1.807) is 6.92 Å². The lowest BCUT2D eigenvalue weighted by Crippen LogP contribution is -2.16. The fraction of sp³-hybridized carbons (Fsp3) is 0.318. The average Bonchev–Trinajstić information content (AvgIpc) is 3.21. The fourth-order valence-electron chi connectivity index (χ4n) is 3.29. The van der Waals surface area contributed by atoms with Crippen molar-refractivity contribution < 1.29 is 18.8 Å². The maximum atomic E-state index is 12.7. The van der Waals surface area contributed by atoms with Crippen molar-refractivity contribution in [2.24, 2.45) is 0 Å². The third-order valence-corrected chi connectivity index (χ3v) is 4.86. The molecular formula is C22H24N2O4. The van der Waals surface area contributed by atoms with E-state index < -0.39 is 5.97 Å². The molecule has 3 aromatic rings. The molecule has 0 radical (unpaired) electrons. The summed E-state index contributed by atoms with van der Waals surface area (Å²) in [5.41, 5.74) is 4.42. The van der Waals surface area contributed by atoms with Gasteiger partial charge in [-0.25, -0.2) is 4.79 Å². The van der Waals surface area contributed by atoms with Gasteiger partial charge in [-0.1, -0.05) is 42.4 Å². The Morgan fingerprint density at radius 2 is 1.86 bits per heavy atom. The van der Waals surface area contributed by atoms with E-state index in [0.29, 0.717) is 35.5 Å². The van der Waals surface area contributed by atoms with Crippen molar-refractivity contribution in [2.45, 2.75) is 40.7 Å². The highest BCUT2D eigenvalue weighted by molar-refractivity contribution is 6.00. The Bertz CT molecular complexity index is 999. The van der Waals surface area contributed by atoms with E-state index in [2.05, 4.69) is 21.9 Å². The van der Waals surface area contributed by atoms with Crippen LogP contribution in [0.2, 0.25) is 0 Å². The monoisotopic (exact) mass is 380 g/mol. The topological polar surface area (TPSA) is 74.3 Å². The van der Waals surface area contributed by atoms with Crippen LogP contribution in [0.25, 0.3) is 0 Å². The van der Waals surface area contributed by atoms with Crippen LogP contribution in [0.4, 0.5) is 0 Å². The number of carbonyl (C=O) groups excluding carboxylic acids is 2. The molecule has 0 saturated carbocycles. The number of aryl methyl sites for hydroxylation is 3. The first-order valence-corrected chi connectivity index (χ1v) is 9.28. The summed E-state index contributed by atoms with van der Waals surface area (Å²) in [7, 11) is 0.